The van der Waals surface area contributed by atoms with Crippen molar-refractivity contribution in [2.24, 2.45) is 0 Å². The molecule has 5 heterocycles. The van der Waals surface area contributed by atoms with Crippen molar-refractivity contribution in [2.45, 2.75) is 25.2 Å². The third kappa shape index (κ3) is 3.65. The van der Waals surface area contributed by atoms with Gasteiger partial charge in [-0.25, -0.2) is 9.67 Å². The van der Waals surface area contributed by atoms with Gasteiger partial charge in [0.2, 0.25) is 0 Å². The van der Waals surface area contributed by atoms with Crippen molar-refractivity contribution < 1.29 is 0 Å². The van der Waals surface area contributed by atoms with Crippen molar-refractivity contribution in [1.29, 1.82) is 0 Å². The molecule has 0 amide bonds. The first-order valence-corrected chi connectivity index (χ1v) is 11.1. The highest BCUT2D eigenvalue weighted by Gasteiger charge is 2.24. The summed E-state index contributed by atoms with van der Waals surface area (Å²) in [5, 5.41) is 9.08. The van der Waals surface area contributed by atoms with E-state index in [0.29, 0.717) is 5.92 Å². The van der Waals surface area contributed by atoms with Crippen LogP contribution >= 0.6 is 0 Å². The molecular weight excluding hydrogens is 386 g/mol. The molecule has 0 spiro atoms. The Morgan fingerprint density at radius 3 is 2.81 bits per heavy atom. The van der Waals surface area contributed by atoms with Gasteiger partial charge >= 0.3 is 0 Å². The maximum absolute atomic E-state index is 4.94. The van der Waals surface area contributed by atoms with Gasteiger partial charge in [-0.1, -0.05) is 6.07 Å². The van der Waals surface area contributed by atoms with Crippen LogP contribution in [0.2, 0.25) is 0 Å². The minimum absolute atomic E-state index is 0.669. The summed E-state index contributed by atoms with van der Waals surface area (Å²) >= 11 is 0. The Morgan fingerprint density at radius 2 is 1.87 bits per heavy atom. The second kappa shape index (κ2) is 7.74. The Labute approximate surface area is 181 Å². The predicted octanol–water partition coefficient (Wildman–Crippen LogP) is 3.55. The van der Waals surface area contributed by atoms with Gasteiger partial charge in [-0.15, -0.1) is 0 Å². The lowest BCUT2D eigenvalue weighted by Crippen LogP contribution is -2.28. The zero-order valence-electron chi connectivity index (χ0n) is 17.4. The van der Waals surface area contributed by atoms with Gasteiger partial charge in [0, 0.05) is 49.2 Å². The molecule has 4 aromatic rings. The lowest BCUT2D eigenvalue weighted by Gasteiger charge is -2.21. The molecule has 1 aliphatic heterocycles. The molecule has 1 N–H and O–H groups in total. The lowest BCUT2D eigenvalue weighted by atomic mass is 10.1. The smallest absolute Gasteiger partial charge is 0.156 e. The summed E-state index contributed by atoms with van der Waals surface area (Å²) in [6, 6.07) is 10.5. The van der Waals surface area contributed by atoms with Gasteiger partial charge in [0.25, 0.3) is 0 Å². The van der Waals surface area contributed by atoms with Crippen molar-refractivity contribution in [3.05, 3.63) is 60.7 Å². The monoisotopic (exact) mass is 411 g/mol. The van der Waals surface area contributed by atoms with E-state index in [2.05, 4.69) is 49.5 Å². The number of hydrogen-bond acceptors (Lipinski definition) is 6. The van der Waals surface area contributed by atoms with Crippen LogP contribution in [0.1, 0.15) is 30.7 Å². The van der Waals surface area contributed by atoms with E-state index in [4.69, 9.17) is 4.98 Å². The van der Waals surface area contributed by atoms with Crippen LogP contribution in [0.3, 0.4) is 0 Å². The fourth-order valence-corrected chi connectivity index (χ4v) is 4.28. The maximum Gasteiger partial charge on any atom is 0.156 e. The Bertz CT molecular complexity index is 1220. The standard InChI is InChI=1S/C24H25N7/c1-3-23(30-9-2-7-25-8-10-30)29-24(4-1)31-22-12-21(27-15-20(22)16-28-31)19-11-18(13-26-14-19)17-5-6-17/h1,3-4,11-17,25H,2,5-10H2. The summed E-state index contributed by atoms with van der Waals surface area (Å²) in [6.45, 7) is 4.03. The zero-order chi connectivity index (χ0) is 20.6. The molecule has 0 atom stereocenters. The average molecular weight is 412 g/mol. The molecule has 2 fully saturated rings. The average Bonchev–Trinajstić information content (AvgIpc) is 3.63. The molecule has 0 bridgehead atoms. The molecule has 2 aliphatic rings. The molecule has 0 unspecified atom stereocenters. The summed E-state index contributed by atoms with van der Waals surface area (Å²) in [5.41, 5.74) is 4.29. The summed E-state index contributed by atoms with van der Waals surface area (Å²) in [4.78, 5) is 16.4. The van der Waals surface area contributed by atoms with E-state index >= 15 is 0 Å². The first-order valence-electron chi connectivity index (χ1n) is 11.1. The van der Waals surface area contributed by atoms with Crippen molar-refractivity contribution >= 4 is 16.7 Å². The number of nitrogens with one attached hydrogen (secondary N) is 1. The number of aromatic nitrogens is 5. The summed E-state index contributed by atoms with van der Waals surface area (Å²) in [7, 11) is 0. The second-order valence-electron chi connectivity index (χ2n) is 8.41. The fraction of sp³-hybridized carbons (Fsp3) is 0.333. The molecular formula is C24H25N7. The van der Waals surface area contributed by atoms with Crippen molar-refractivity contribution in [2.75, 3.05) is 31.1 Å². The van der Waals surface area contributed by atoms with Gasteiger partial charge in [-0.3, -0.25) is 9.97 Å². The number of fused-ring (bicyclic) bond motifs is 1. The summed E-state index contributed by atoms with van der Waals surface area (Å²) in [5.74, 6) is 2.50. The fourth-order valence-electron chi connectivity index (χ4n) is 4.28. The van der Waals surface area contributed by atoms with Crippen LogP contribution in [0.4, 0.5) is 5.82 Å². The Hall–Kier alpha value is -3.32. The van der Waals surface area contributed by atoms with Crippen LogP contribution in [0, 0.1) is 0 Å². The van der Waals surface area contributed by atoms with Gasteiger partial charge in [0.05, 0.1) is 17.4 Å². The largest absolute Gasteiger partial charge is 0.355 e. The van der Waals surface area contributed by atoms with Crippen molar-refractivity contribution in [3.63, 3.8) is 0 Å². The van der Waals surface area contributed by atoms with E-state index in [-0.39, 0.29) is 0 Å². The summed E-state index contributed by atoms with van der Waals surface area (Å²) in [6.07, 6.45) is 11.3. The van der Waals surface area contributed by atoms with Crippen LogP contribution < -0.4 is 10.2 Å². The first-order chi connectivity index (χ1) is 15.3. The van der Waals surface area contributed by atoms with Gasteiger partial charge in [-0.05, 0) is 61.6 Å². The van der Waals surface area contributed by atoms with E-state index in [1.54, 1.807) is 0 Å². The number of nitrogens with zero attached hydrogens (tertiary/aromatic N) is 6. The van der Waals surface area contributed by atoms with Crippen LogP contribution in [-0.2, 0) is 0 Å². The van der Waals surface area contributed by atoms with Crippen molar-refractivity contribution in [1.82, 2.24) is 30.0 Å². The highest BCUT2D eigenvalue weighted by atomic mass is 15.3. The first kappa shape index (κ1) is 18.4. The Balaban J connectivity index is 1.38. The Morgan fingerprint density at radius 1 is 0.935 bits per heavy atom. The van der Waals surface area contributed by atoms with Crippen LogP contribution in [0.25, 0.3) is 28.0 Å². The molecule has 1 saturated heterocycles. The van der Waals surface area contributed by atoms with Crippen LogP contribution in [-0.4, -0.2) is 50.9 Å². The molecule has 0 radical (unpaired) electrons. The van der Waals surface area contributed by atoms with Crippen LogP contribution in [0.15, 0.2) is 55.1 Å². The lowest BCUT2D eigenvalue weighted by molar-refractivity contribution is 0.724. The Kier molecular flexibility index (Phi) is 4.61. The number of pyridine rings is 3. The van der Waals surface area contributed by atoms with Crippen LogP contribution in [0.5, 0.6) is 0 Å². The van der Waals surface area contributed by atoms with E-state index in [1.807, 2.05) is 35.5 Å². The van der Waals surface area contributed by atoms with E-state index in [1.165, 1.54) is 18.4 Å². The minimum atomic E-state index is 0.669. The second-order valence-corrected chi connectivity index (χ2v) is 8.41. The molecule has 6 rings (SSSR count). The topological polar surface area (TPSA) is 71.8 Å². The van der Waals surface area contributed by atoms with Crippen molar-refractivity contribution in [3.8, 4) is 17.1 Å². The van der Waals surface area contributed by atoms with Gasteiger partial charge in [0.15, 0.2) is 5.82 Å². The number of hydrogen-bond donors (Lipinski definition) is 1. The number of rotatable bonds is 4. The molecule has 4 aromatic heterocycles. The molecule has 7 nitrogen and oxygen atoms in total. The zero-order valence-corrected chi connectivity index (χ0v) is 17.4. The van der Waals surface area contributed by atoms with Gasteiger partial charge in [0.1, 0.15) is 5.82 Å². The molecule has 7 heteroatoms. The van der Waals surface area contributed by atoms with E-state index < -0.39 is 0 Å². The molecule has 1 saturated carbocycles. The normalized spacial score (nSPS) is 17.1. The van der Waals surface area contributed by atoms with Gasteiger partial charge < -0.3 is 10.2 Å². The third-order valence-corrected chi connectivity index (χ3v) is 6.16. The third-order valence-electron chi connectivity index (χ3n) is 6.16. The quantitative estimate of drug-likeness (QED) is 0.554. The van der Waals surface area contributed by atoms with E-state index in [0.717, 1.165) is 66.4 Å². The maximum atomic E-state index is 4.94. The minimum Gasteiger partial charge on any atom is -0.355 e. The molecule has 31 heavy (non-hydrogen) atoms. The molecule has 0 aromatic carbocycles. The summed E-state index contributed by atoms with van der Waals surface area (Å²) < 4.78 is 1.91. The predicted molar refractivity (Wildman–Crippen MR) is 122 cm³/mol. The highest BCUT2D eigenvalue weighted by molar-refractivity contribution is 5.83. The molecule has 1 aliphatic carbocycles. The number of anilines is 1. The SMILES string of the molecule is c1cc(N2CCCNCC2)nc(-n2ncc3cnc(-c4cncc(C5CC5)c4)cc32)c1. The highest BCUT2D eigenvalue weighted by Crippen LogP contribution is 2.40. The molecule has 156 valence electrons. The van der Waals surface area contributed by atoms with Gasteiger partial charge in [-0.2, -0.15) is 5.10 Å². The van der Waals surface area contributed by atoms with E-state index in [9.17, 15) is 0 Å².